The van der Waals surface area contributed by atoms with Crippen LogP contribution in [-0.4, -0.2) is 14.9 Å². The Hall–Kier alpha value is -0.830. The Morgan fingerprint density at radius 3 is 2.30 bits per heavy atom. The second kappa shape index (κ2) is 2.42. The summed E-state index contributed by atoms with van der Waals surface area (Å²) in [4.78, 5) is 0. The van der Waals surface area contributed by atoms with E-state index in [0.29, 0.717) is 0 Å². The minimum absolute atomic E-state index is 0.0352. The molecule has 0 unspecified atom stereocenters. The molecule has 3 nitrogen and oxygen atoms in total. The second-order valence-corrected chi connectivity index (χ2v) is 2.44. The van der Waals surface area contributed by atoms with Crippen LogP contribution in [-0.2, 0) is 13.7 Å². The third-order valence-corrected chi connectivity index (χ3v) is 1.88. The van der Waals surface area contributed by atoms with E-state index in [2.05, 4.69) is 5.10 Å². The molecule has 0 radical (unpaired) electrons. The molecule has 0 aliphatic heterocycles. The van der Waals surface area contributed by atoms with Gasteiger partial charge >= 0.3 is 0 Å². The Kier molecular flexibility index (Phi) is 1.76. The summed E-state index contributed by atoms with van der Waals surface area (Å²) >= 11 is 0. The van der Waals surface area contributed by atoms with Gasteiger partial charge in [0.2, 0.25) is 0 Å². The first-order valence-corrected chi connectivity index (χ1v) is 3.26. The van der Waals surface area contributed by atoms with Gasteiger partial charge in [-0.15, -0.1) is 0 Å². The Bertz CT molecular complexity index is 240. The summed E-state index contributed by atoms with van der Waals surface area (Å²) in [5.41, 5.74) is 2.98. The smallest absolute Gasteiger partial charge is 0.0910 e. The molecule has 1 aromatic heterocycles. The first-order chi connectivity index (χ1) is 4.66. The van der Waals surface area contributed by atoms with Crippen LogP contribution in [0, 0.1) is 13.8 Å². The molecule has 0 amide bonds. The van der Waals surface area contributed by atoms with Crippen LogP contribution in [0.2, 0.25) is 0 Å². The van der Waals surface area contributed by atoms with Crippen molar-refractivity contribution in [1.29, 1.82) is 0 Å². The predicted molar refractivity (Wildman–Crippen MR) is 38.6 cm³/mol. The number of aliphatic hydroxyl groups is 1. The van der Waals surface area contributed by atoms with Gasteiger partial charge in [0, 0.05) is 12.7 Å². The minimum Gasteiger partial charge on any atom is -0.390 e. The molecule has 10 heavy (non-hydrogen) atoms. The molecule has 0 atom stereocenters. The molecule has 0 aliphatic rings. The van der Waals surface area contributed by atoms with Crippen molar-refractivity contribution in [2.24, 2.45) is 7.05 Å². The molecular formula is C7H12N2O. The van der Waals surface area contributed by atoms with Gasteiger partial charge in [-0.05, 0) is 19.4 Å². The maximum Gasteiger partial charge on any atom is 0.0910 e. The van der Waals surface area contributed by atoms with E-state index in [1.807, 2.05) is 20.9 Å². The van der Waals surface area contributed by atoms with Crippen LogP contribution in [0.4, 0.5) is 0 Å². The fraction of sp³-hybridized carbons (Fsp3) is 0.571. The van der Waals surface area contributed by atoms with E-state index >= 15 is 0 Å². The Morgan fingerprint density at radius 2 is 2.10 bits per heavy atom. The highest BCUT2D eigenvalue weighted by Gasteiger charge is 2.05. The summed E-state index contributed by atoms with van der Waals surface area (Å²) in [6, 6.07) is 0. The van der Waals surface area contributed by atoms with E-state index in [4.69, 9.17) is 5.11 Å². The molecule has 0 fully saturated rings. The summed E-state index contributed by atoms with van der Waals surface area (Å²) in [6.45, 7) is 3.99. The highest BCUT2D eigenvalue weighted by Crippen LogP contribution is 2.09. The molecule has 0 saturated heterocycles. The number of hydrogen-bond donors (Lipinski definition) is 1. The van der Waals surface area contributed by atoms with E-state index in [1.54, 1.807) is 4.68 Å². The Labute approximate surface area is 60.3 Å². The molecule has 0 aliphatic carbocycles. The molecule has 0 aromatic carbocycles. The van der Waals surface area contributed by atoms with Crippen molar-refractivity contribution in [3.05, 3.63) is 17.0 Å². The zero-order valence-electron chi connectivity index (χ0n) is 6.55. The van der Waals surface area contributed by atoms with Crippen LogP contribution in [0.5, 0.6) is 0 Å². The van der Waals surface area contributed by atoms with Crippen LogP contribution >= 0.6 is 0 Å². The van der Waals surface area contributed by atoms with Crippen LogP contribution in [0.15, 0.2) is 0 Å². The number of hydrogen-bond acceptors (Lipinski definition) is 2. The lowest BCUT2D eigenvalue weighted by molar-refractivity contribution is 0.275. The average Bonchev–Trinajstić information content (AvgIpc) is 2.17. The normalized spacial score (nSPS) is 10.4. The van der Waals surface area contributed by atoms with Gasteiger partial charge in [0.1, 0.15) is 0 Å². The molecule has 3 heteroatoms. The first kappa shape index (κ1) is 7.28. The third kappa shape index (κ3) is 0.926. The number of aromatic nitrogens is 2. The topological polar surface area (TPSA) is 38.1 Å². The van der Waals surface area contributed by atoms with Gasteiger partial charge < -0.3 is 5.11 Å². The van der Waals surface area contributed by atoms with E-state index in [0.717, 1.165) is 17.0 Å². The van der Waals surface area contributed by atoms with Gasteiger partial charge in [-0.3, -0.25) is 4.68 Å². The standard InChI is InChI=1S/C7H12N2O/c1-5-6(2)9(3)8-7(5)4-10/h10H,4H2,1-3H3. The zero-order valence-corrected chi connectivity index (χ0v) is 6.55. The summed E-state index contributed by atoms with van der Waals surface area (Å²) in [7, 11) is 1.88. The van der Waals surface area contributed by atoms with Crippen molar-refractivity contribution in [2.75, 3.05) is 0 Å². The van der Waals surface area contributed by atoms with Crippen molar-refractivity contribution in [3.8, 4) is 0 Å². The van der Waals surface area contributed by atoms with Crippen molar-refractivity contribution in [3.63, 3.8) is 0 Å². The SMILES string of the molecule is Cc1c(CO)nn(C)c1C. The molecule has 56 valence electrons. The van der Waals surface area contributed by atoms with Crippen molar-refractivity contribution < 1.29 is 5.11 Å². The summed E-state index contributed by atoms with van der Waals surface area (Å²) in [5, 5.41) is 12.9. The van der Waals surface area contributed by atoms with E-state index in [1.165, 1.54) is 0 Å². The van der Waals surface area contributed by atoms with Gasteiger partial charge in [0.05, 0.1) is 12.3 Å². The molecule has 0 spiro atoms. The summed E-state index contributed by atoms with van der Waals surface area (Å²) < 4.78 is 1.78. The van der Waals surface area contributed by atoms with Gasteiger partial charge in [-0.2, -0.15) is 5.10 Å². The molecule has 1 heterocycles. The first-order valence-electron chi connectivity index (χ1n) is 3.26. The molecule has 1 N–H and O–H groups in total. The fourth-order valence-corrected chi connectivity index (χ4v) is 0.933. The number of rotatable bonds is 1. The Balaban J connectivity index is 3.17. The van der Waals surface area contributed by atoms with Gasteiger partial charge in [0.15, 0.2) is 0 Å². The van der Waals surface area contributed by atoms with Crippen molar-refractivity contribution in [1.82, 2.24) is 9.78 Å². The Morgan fingerprint density at radius 1 is 1.50 bits per heavy atom. The number of aliphatic hydroxyl groups excluding tert-OH is 1. The molecular weight excluding hydrogens is 128 g/mol. The van der Waals surface area contributed by atoms with E-state index in [-0.39, 0.29) is 6.61 Å². The molecule has 0 bridgehead atoms. The third-order valence-electron chi connectivity index (χ3n) is 1.88. The maximum absolute atomic E-state index is 8.78. The molecule has 1 aromatic rings. The lowest BCUT2D eigenvalue weighted by Crippen LogP contribution is -1.93. The van der Waals surface area contributed by atoms with Gasteiger partial charge in [-0.1, -0.05) is 0 Å². The van der Waals surface area contributed by atoms with E-state index in [9.17, 15) is 0 Å². The quantitative estimate of drug-likeness (QED) is 0.618. The highest BCUT2D eigenvalue weighted by atomic mass is 16.3. The summed E-state index contributed by atoms with van der Waals surface area (Å²) in [5.74, 6) is 0. The minimum atomic E-state index is 0.0352. The largest absolute Gasteiger partial charge is 0.390 e. The maximum atomic E-state index is 8.78. The van der Waals surface area contributed by atoms with Crippen LogP contribution < -0.4 is 0 Å². The van der Waals surface area contributed by atoms with Crippen molar-refractivity contribution in [2.45, 2.75) is 20.5 Å². The fourth-order valence-electron chi connectivity index (χ4n) is 0.933. The second-order valence-electron chi connectivity index (χ2n) is 2.44. The zero-order chi connectivity index (χ0) is 7.72. The van der Waals surface area contributed by atoms with Crippen LogP contribution in [0.25, 0.3) is 0 Å². The number of aryl methyl sites for hydroxylation is 1. The van der Waals surface area contributed by atoms with Crippen molar-refractivity contribution >= 4 is 0 Å². The van der Waals surface area contributed by atoms with Gasteiger partial charge in [-0.25, -0.2) is 0 Å². The number of nitrogens with zero attached hydrogens (tertiary/aromatic N) is 2. The van der Waals surface area contributed by atoms with Crippen LogP contribution in [0.3, 0.4) is 0 Å². The van der Waals surface area contributed by atoms with Crippen LogP contribution in [0.1, 0.15) is 17.0 Å². The lowest BCUT2D eigenvalue weighted by atomic mass is 10.2. The lowest BCUT2D eigenvalue weighted by Gasteiger charge is -1.91. The molecule has 1 rings (SSSR count). The van der Waals surface area contributed by atoms with Gasteiger partial charge in [0.25, 0.3) is 0 Å². The van der Waals surface area contributed by atoms with E-state index < -0.39 is 0 Å². The highest BCUT2D eigenvalue weighted by molar-refractivity contribution is 5.22. The summed E-state index contributed by atoms with van der Waals surface area (Å²) in [6.07, 6.45) is 0. The monoisotopic (exact) mass is 140 g/mol. The predicted octanol–water partition coefficient (Wildman–Crippen LogP) is 0.529. The average molecular weight is 140 g/mol. The molecule has 0 saturated carbocycles.